The Hall–Kier alpha value is 2.53. The quantitative estimate of drug-likeness (QED) is 0.252. The van der Waals surface area contributed by atoms with E-state index < -0.39 is 42.6 Å². The van der Waals surface area contributed by atoms with Gasteiger partial charge in [-0.05, 0) is 0 Å². The van der Waals surface area contributed by atoms with Crippen molar-refractivity contribution >= 4 is 20.2 Å². The van der Waals surface area contributed by atoms with Gasteiger partial charge in [0.2, 0.25) is 0 Å². The average molecular weight is 442 g/mol. The zero-order chi connectivity index (χ0) is 17.0. The van der Waals surface area contributed by atoms with Crippen molar-refractivity contribution in [2.75, 3.05) is 0 Å². The molecule has 18 heteroatoms. The van der Waals surface area contributed by atoms with E-state index in [4.69, 9.17) is 9.11 Å². The summed E-state index contributed by atoms with van der Waals surface area (Å²) in [6.07, 6.45) is 0. The van der Waals surface area contributed by atoms with Crippen molar-refractivity contribution in [3.63, 3.8) is 0 Å². The topological polar surface area (TPSA) is 109 Å². The standard InChI is InChI=1S/C4H2F8O6S2.2K.2H/c5-1(6,3(9,10)19(13,14)15)2(7,8)4(11,12)20(16,17)18;;;;/h(H,13,14,15)(H,16,17,18);;;;/q;2*+1;2*-1. The third-order valence-electron chi connectivity index (χ3n) is 1.77. The summed E-state index contributed by atoms with van der Waals surface area (Å²) in [6, 6.07) is 0. The second-order valence-corrected chi connectivity index (χ2v) is 6.06. The summed E-state index contributed by atoms with van der Waals surface area (Å²) in [7, 11) is -14.6. The predicted octanol–water partition coefficient (Wildman–Crippen LogP) is -4.55. The average Bonchev–Trinajstić information content (AvgIpc) is 2.12. The fraction of sp³-hybridized carbons (Fsp3) is 1.00. The van der Waals surface area contributed by atoms with Crippen molar-refractivity contribution in [1.82, 2.24) is 0 Å². The van der Waals surface area contributed by atoms with Crippen LogP contribution in [0.25, 0.3) is 0 Å². The van der Waals surface area contributed by atoms with Crippen LogP contribution in [0.2, 0.25) is 0 Å². The van der Waals surface area contributed by atoms with Crippen LogP contribution in [-0.4, -0.2) is 48.3 Å². The van der Waals surface area contributed by atoms with Gasteiger partial charge in [0.15, 0.2) is 0 Å². The Bertz CT molecular complexity index is 556. The zero-order valence-corrected chi connectivity index (χ0v) is 18.2. The Labute approximate surface area is 205 Å². The smallest absolute Gasteiger partial charge is 1.00 e. The van der Waals surface area contributed by atoms with E-state index in [1.807, 2.05) is 0 Å². The van der Waals surface area contributed by atoms with Gasteiger partial charge in [0.25, 0.3) is 0 Å². The molecule has 0 radical (unpaired) electrons. The first-order valence-corrected chi connectivity index (χ1v) is 6.58. The molecule has 0 aromatic carbocycles. The van der Waals surface area contributed by atoms with E-state index in [9.17, 15) is 52.0 Å². The maximum Gasteiger partial charge on any atom is 1.00 e. The summed E-state index contributed by atoms with van der Waals surface area (Å²) in [5.74, 6) is -15.2. The van der Waals surface area contributed by atoms with Crippen molar-refractivity contribution in [3.8, 4) is 0 Å². The van der Waals surface area contributed by atoms with Gasteiger partial charge in [0.1, 0.15) is 0 Å². The summed E-state index contributed by atoms with van der Waals surface area (Å²) >= 11 is 0. The van der Waals surface area contributed by atoms with Gasteiger partial charge >= 0.3 is 145 Å². The number of hydrogen-bond donors (Lipinski definition) is 2. The number of halogens is 8. The molecule has 22 heavy (non-hydrogen) atoms. The Morgan fingerprint density at radius 1 is 0.591 bits per heavy atom. The van der Waals surface area contributed by atoms with E-state index in [1.54, 1.807) is 0 Å². The summed E-state index contributed by atoms with van der Waals surface area (Å²) < 4.78 is 155. The summed E-state index contributed by atoms with van der Waals surface area (Å²) in [6.45, 7) is 0. The van der Waals surface area contributed by atoms with Gasteiger partial charge in [0.05, 0.1) is 0 Å². The molecule has 0 saturated heterocycles. The summed E-state index contributed by atoms with van der Waals surface area (Å²) in [5, 5.41) is -14.3. The normalized spacial score (nSPS) is 14.8. The number of alkyl halides is 8. The first kappa shape index (κ1) is 29.3. The van der Waals surface area contributed by atoms with E-state index in [-0.39, 0.29) is 106 Å². The summed E-state index contributed by atoms with van der Waals surface area (Å²) in [4.78, 5) is 0. The monoisotopic (exact) mass is 442 g/mol. The molecular weight excluding hydrogens is 438 g/mol. The molecule has 0 atom stereocenters. The zero-order valence-electron chi connectivity index (χ0n) is 12.4. The van der Waals surface area contributed by atoms with Crippen LogP contribution < -0.4 is 103 Å². The van der Waals surface area contributed by atoms with Crippen molar-refractivity contribution in [1.29, 1.82) is 0 Å². The van der Waals surface area contributed by atoms with Crippen LogP contribution in [0.3, 0.4) is 0 Å². The predicted molar refractivity (Wildman–Crippen MR) is 45.1 cm³/mol. The molecule has 0 aromatic heterocycles. The Kier molecular flexibility index (Phi) is 10.7. The second-order valence-electron chi connectivity index (χ2n) is 3.13. The summed E-state index contributed by atoms with van der Waals surface area (Å²) in [5.41, 5.74) is 0. The van der Waals surface area contributed by atoms with Crippen LogP contribution in [0.1, 0.15) is 2.85 Å². The van der Waals surface area contributed by atoms with E-state index in [2.05, 4.69) is 0 Å². The van der Waals surface area contributed by atoms with Crippen molar-refractivity contribution < 1.29 is 167 Å². The van der Waals surface area contributed by atoms with Crippen LogP contribution in [0.4, 0.5) is 35.1 Å². The van der Waals surface area contributed by atoms with E-state index in [0.717, 1.165) is 0 Å². The van der Waals surface area contributed by atoms with Gasteiger partial charge in [-0.2, -0.15) is 52.0 Å². The SMILES string of the molecule is O=S(=O)(O)C(F)(F)C(F)(F)C(F)(F)C(F)(F)S(=O)(=O)O.[H-].[H-].[K+].[K+]. The van der Waals surface area contributed by atoms with Gasteiger partial charge < -0.3 is 2.85 Å². The molecule has 0 amide bonds. The molecular formula is C4H4F8K2O6S2. The Balaban J connectivity index is -0.000000301. The second kappa shape index (κ2) is 8.05. The Morgan fingerprint density at radius 3 is 0.818 bits per heavy atom. The van der Waals surface area contributed by atoms with E-state index >= 15 is 0 Å². The molecule has 0 aliphatic rings. The largest absolute Gasteiger partial charge is 1.00 e. The van der Waals surface area contributed by atoms with Crippen LogP contribution in [0.15, 0.2) is 0 Å². The maximum absolute atomic E-state index is 12.6. The van der Waals surface area contributed by atoms with Crippen LogP contribution in [0, 0.1) is 0 Å². The molecule has 0 heterocycles. The van der Waals surface area contributed by atoms with Gasteiger partial charge in [-0.25, -0.2) is 0 Å². The Morgan fingerprint density at radius 2 is 0.727 bits per heavy atom. The maximum atomic E-state index is 12.6. The number of rotatable bonds is 5. The van der Waals surface area contributed by atoms with Crippen LogP contribution in [0.5, 0.6) is 0 Å². The van der Waals surface area contributed by atoms with Gasteiger partial charge in [-0.3, -0.25) is 9.11 Å². The first-order chi connectivity index (χ1) is 8.25. The van der Waals surface area contributed by atoms with Crippen LogP contribution >= 0.6 is 0 Å². The number of hydrogen-bond acceptors (Lipinski definition) is 4. The third-order valence-corrected chi connectivity index (χ3v) is 3.58. The van der Waals surface area contributed by atoms with E-state index in [0.29, 0.717) is 0 Å². The van der Waals surface area contributed by atoms with E-state index in [1.165, 1.54) is 0 Å². The molecule has 0 aliphatic carbocycles. The van der Waals surface area contributed by atoms with Crippen molar-refractivity contribution in [2.24, 2.45) is 0 Å². The molecule has 2 N–H and O–H groups in total. The molecule has 0 fully saturated rings. The molecule has 0 unspecified atom stereocenters. The van der Waals surface area contributed by atoms with Crippen molar-refractivity contribution in [3.05, 3.63) is 0 Å². The minimum Gasteiger partial charge on any atom is -1.00 e. The first-order valence-electron chi connectivity index (χ1n) is 3.70. The fourth-order valence-electron chi connectivity index (χ4n) is 0.690. The van der Waals surface area contributed by atoms with Gasteiger partial charge in [-0.1, -0.05) is 0 Å². The molecule has 0 aliphatic heterocycles. The molecule has 126 valence electrons. The molecule has 0 bridgehead atoms. The van der Waals surface area contributed by atoms with Gasteiger partial charge in [0, 0.05) is 0 Å². The molecule has 0 rings (SSSR count). The molecule has 0 saturated carbocycles. The fourth-order valence-corrected chi connectivity index (χ4v) is 1.59. The molecule has 6 nitrogen and oxygen atoms in total. The van der Waals surface area contributed by atoms with Gasteiger partial charge in [-0.15, -0.1) is 0 Å². The third kappa shape index (κ3) is 4.62. The van der Waals surface area contributed by atoms with Crippen LogP contribution in [-0.2, 0) is 20.2 Å². The minimum atomic E-state index is -7.58. The molecule has 0 aromatic rings. The van der Waals surface area contributed by atoms with Crippen molar-refractivity contribution in [2.45, 2.75) is 22.4 Å². The molecule has 0 spiro atoms. The minimum absolute atomic E-state index is 0.